The van der Waals surface area contributed by atoms with Gasteiger partial charge in [-0.3, -0.25) is 24.9 Å². The lowest BCUT2D eigenvalue weighted by Crippen LogP contribution is -2.36. The lowest BCUT2D eigenvalue weighted by molar-refractivity contribution is 0.0957. The molecule has 10 heteroatoms. The quantitative estimate of drug-likeness (QED) is 0.326. The highest BCUT2D eigenvalue weighted by Crippen LogP contribution is 2.30. The largest absolute Gasteiger partial charge is 0.370 e. The highest BCUT2D eigenvalue weighted by Gasteiger charge is 2.23. The number of aromatic nitrogens is 1. The minimum absolute atomic E-state index is 0.113. The molecule has 1 amide bonds. The molecule has 0 spiro atoms. The molecular formula is C17H22N4O5S. The van der Waals surface area contributed by atoms with Crippen molar-refractivity contribution in [3.8, 4) is 0 Å². The molecule has 3 rings (SSSR count). The highest BCUT2D eigenvalue weighted by molar-refractivity contribution is 7.85. The molecule has 0 aliphatic carbocycles. The molecule has 5 N–H and O–H groups in total. The summed E-state index contributed by atoms with van der Waals surface area (Å²) in [6.07, 6.45) is 2.90. The summed E-state index contributed by atoms with van der Waals surface area (Å²) >= 11 is 0. The van der Waals surface area contributed by atoms with Gasteiger partial charge in [-0.1, -0.05) is 6.07 Å². The number of carbonyl (C=O) groups excluding carboxylic acids is 2. The molecule has 0 fully saturated rings. The Hall–Kier alpha value is -2.72. The molecule has 0 atom stereocenters. The zero-order valence-electron chi connectivity index (χ0n) is 15.1. The summed E-state index contributed by atoms with van der Waals surface area (Å²) in [7, 11) is -3.67. The molecule has 1 aromatic carbocycles. The lowest BCUT2D eigenvalue weighted by Gasteiger charge is -2.16. The molecule has 1 aliphatic heterocycles. The number of hydrogen-bond donors (Lipinski definition) is 4. The van der Waals surface area contributed by atoms with Crippen LogP contribution in [0.1, 0.15) is 45.7 Å². The summed E-state index contributed by atoms with van der Waals surface area (Å²) in [5, 5.41) is 10.5. The van der Waals surface area contributed by atoms with Gasteiger partial charge in [0.05, 0.1) is 11.8 Å². The van der Waals surface area contributed by atoms with Gasteiger partial charge in [-0.2, -0.15) is 8.42 Å². The van der Waals surface area contributed by atoms with Gasteiger partial charge in [0.25, 0.3) is 16.0 Å². The standard InChI is InChI=1S/C16H18N4O2.CH4O3S/c1-9-5-6-10-13(21)4-2-3-7-20-12(8-11(9)14(10)20)15(22)19-16(17)18;1-5(2,3)4/h5-6,8H,2-4,7H2,1H3,(H4,17,18,19,22);1H3,(H,2,3,4). The maximum Gasteiger partial charge on any atom is 0.274 e. The van der Waals surface area contributed by atoms with Gasteiger partial charge in [-0.15, -0.1) is 0 Å². The van der Waals surface area contributed by atoms with Gasteiger partial charge in [0.15, 0.2) is 11.7 Å². The molecule has 27 heavy (non-hydrogen) atoms. The van der Waals surface area contributed by atoms with Crippen molar-refractivity contribution in [3.63, 3.8) is 0 Å². The van der Waals surface area contributed by atoms with E-state index in [1.165, 1.54) is 0 Å². The molecule has 0 unspecified atom stereocenters. The van der Waals surface area contributed by atoms with Crippen LogP contribution in [0.5, 0.6) is 0 Å². The van der Waals surface area contributed by atoms with Crippen molar-refractivity contribution in [1.29, 1.82) is 5.41 Å². The number of amides is 1. The zero-order valence-corrected chi connectivity index (χ0v) is 15.9. The summed E-state index contributed by atoms with van der Waals surface area (Å²) in [5.74, 6) is -0.688. The number of carbonyl (C=O) groups is 2. The molecule has 0 bridgehead atoms. The number of nitrogens with two attached hydrogens (primary N) is 1. The van der Waals surface area contributed by atoms with E-state index in [1.807, 2.05) is 23.6 Å². The number of benzene rings is 1. The Labute approximate surface area is 156 Å². The molecule has 2 aromatic rings. The van der Waals surface area contributed by atoms with Crippen LogP contribution in [-0.4, -0.2) is 41.4 Å². The minimum Gasteiger partial charge on any atom is -0.370 e. The Bertz CT molecular complexity index is 1020. The predicted molar refractivity (Wildman–Crippen MR) is 102 cm³/mol. The SMILES string of the molecule is CS(=O)(=O)O.Cc1ccc2c3c1cc(C(=O)NC(=N)N)n3CCCCC2=O. The molecule has 0 saturated carbocycles. The van der Waals surface area contributed by atoms with Crippen LogP contribution in [0.2, 0.25) is 0 Å². The van der Waals surface area contributed by atoms with Gasteiger partial charge >= 0.3 is 0 Å². The van der Waals surface area contributed by atoms with E-state index in [9.17, 15) is 18.0 Å². The Morgan fingerprint density at radius 2 is 1.96 bits per heavy atom. The number of guanidine groups is 1. The molecule has 1 aromatic heterocycles. The average molecular weight is 394 g/mol. The van der Waals surface area contributed by atoms with Crippen molar-refractivity contribution < 1.29 is 22.6 Å². The fourth-order valence-electron chi connectivity index (χ4n) is 3.04. The second-order valence-corrected chi connectivity index (χ2v) is 7.82. The third-order valence-electron chi connectivity index (χ3n) is 4.09. The Morgan fingerprint density at radius 1 is 1.33 bits per heavy atom. The molecule has 0 saturated heterocycles. The van der Waals surface area contributed by atoms with Crippen LogP contribution < -0.4 is 11.1 Å². The van der Waals surface area contributed by atoms with Crippen LogP contribution in [0.3, 0.4) is 0 Å². The molecule has 1 aliphatic rings. The fourth-order valence-corrected chi connectivity index (χ4v) is 3.04. The first-order valence-corrected chi connectivity index (χ1v) is 10.1. The van der Waals surface area contributed by atoms with E-state index in [0.717, 1.165) is 29.3 Å². The topological polar surface area (TPSA) is 155 Å². The van der Waals surface area contributed by atoms with Crippen molar-refractivity contribution in [2.24, 2.45) is 5.73 Å². The van der Waals surface area contributed by atoms with Gasteiger partial charge in [0.2, 0.25) is 0 Å². The number of Topliss-reactive ketones (excluding diaryl/α,β-unsaturated/α-hetero) is 1. The molecule has 9 nitrogen and oxygen atoms in total. The number of nitrogens with zero attached hydrogens (tertiary/aromatic N) is 1. The maximum atomic E-state index is 12.3. The number of ketones is 1. The Balaban J connectivity index is 0.000000465. The number of aryl methyl sites for hydroxylation is 2. The molecule has 2 heterocycles. The first-order valence-electron chi connectivity index (χ1n) is 8.23. The number of rotatable bonds is 1. The Morgan fingerprint density at radius 3 is 2.56 bits per heavy atom. The predicted octanol–water partition coefficient (Wildman–Crippen LogP) is 1.44. The van der Waals surface area contributed by atoms with Crippen LogP contribution >= 0.6 is 0 Å². The van der Waals surface area contributed by atoms with Gasteiger partial charge in [-0.25, -0.2) is 0 Å². The number of hydrogen-bond acceptors (Lipinski definition) is 5. The van der Waals surface area contributed by atoms with Crippen LogP contribution in [-0.2, 0) is 16.7 Å². The van der Waals surface area contributed by atoms with E-state index in [1.54, 1.807) is 6.07 Å². The summed E-state index contributed by atoms with van der Waals surface area (Å²) in [6.45, 7) is 2.63. The third kappa shape index (κ3) is 5.14. The number of nitrogens with one attached hydrogen (secondary N) is 2. The smallest absolute Gasteiger partial charge is 0.274 e. The van der Waals surface area contributed by atoms with Crippen molar-refractivity contribution >= 4 is 38.7 Å². The zero-order chi connectivity index (χ0) is 20.4. The average Bonchev–Trinajstić information content (AvgIpc) is 2.88. The van der Waals surface area contributed by atoms with E-state index in [4.69, 9.17) is 15.7 Å². The lowest BCUT2D eigenvalue weighted by atomic mass is 9.99. The van der Waals surface area contributed by atoms with Crippen LogP contribution in [0.25, 0.3) is 10.9 Å². The molecular weight excluding hydrogens is 372 g/mol. The maximum absolute atomic E-state index is 12.3. The van der Waals surface area contributed by atoms with Crippen LogP contribution in [0.15, 0.2) is 18.2 Å². The first kappa shape index (κ1) is 20.6. The minimum atomic E-state index is -3.67. The third-order valence-corrected chi connectivity index (χ3v) is 4.09. The van der Waals surface area contributed by atoms with Gasteiger partial charge in [0, 0.05) is 23.9 Å². The van der Waals surface area contributed by atoms with Crippen molar-refractivity contribution in [2.45, 2.75) is 32.7 Å². The van der Waals surface area contributed by atoms with Gasteiger partial charge < -0.3 is 10.3 Å². The van der Waals surface area contributed by atoms with Crippen molar-refractivity contribution in [2.75, 3.05) is 6.26 Å². The van der Waals surface area contributed by atoms with Gasteiger partial charge in [0.1, 0.15) is 5.69 Å². The molecule has 146 valence electrons. The fraction of sp³-hybridized carbons (Fsp3) is 0.353. The normalized spacial score (nSPS) is 14.0. The Kier molecular flexibility index (Phi) is 6.01. The first-order chi connectivity index (χ1) is 12.5. The van der Waals surface area contributed by atoms with E-state index in [-0.39, 0.29) is 11.7 Å². The second-order valence-electron chi connectivity index (χ2n) is 6.35. The highest BCUT2D eigenvalue weighted by atomic mass is 32.2. The summed E-state index contributed by atoms with van der Waals surface area (Å²) in [6, 6.07) is 5.54. The van der Waals surface area contributed by atoms with E-state index in [0.29, 0.717) is 30.5 Å². The van der Waals surface area contributed by atoms with E-state index < -0.39 is 16.0 Å². The van der Waals surface area contributed by atoms with Crippen LogP contribution in [0.4, 0.5) is 0 Å². The van der Waals surface area contributed by atoms with Crippen molar-refractivity contribution in [3.05, 3.63) is 35.0 Å². The van der Waals surface area contributed by atoms with Gasteiger partial charge in [-0.05, 0) is 37.5 Å². The summed E-state index contributed by atoms with van der Waals surface area (Å²) in [4.78, 5) is 24.6. The van der Waals surface area contributed by atoms with Crippen LogP contribution in [0, 0.1) is 12.3 Å². The van der Waals surface area contributed by atoms with E-state index in [2.05, 4.69) is 5.32 Å². The summed E-state index contributed by atoms with van der Waals surface area (Å²) < 4.78 is 27.8. The molecule has 0 radical (unpaired) electrons. The summed E-state index contributed by atoms with van der Waals surface area (Å²) in [5.41, 5.74) is 8.20. The van der Waals surface area contributed by atoms with Crippen molar-refractivity contribution in [1.82, 2.24) is 9.88 Å². The van der Waals surface area contributed by atoms with E-state index >= 15 is 0 Å². The monoisotopic (exact) mass is 394 g/mol. The second kappa shape index (κ2) is 7.89.